The average molecular weight is 634 g/mol. The number of benzene rings is 1. The van der Waals surface area contributed by atoms with E-state index in [9.17, 15) is 62.3 Å². The molecule has 0 unspecified atom stereocenters. The summed E-state index contributed by atoms with van der Waals surface area (Å²) >= 11 is 0. The van der Waals surface area contributed by atoms with Crippen LogP contribution in [0.15, 0.2) is 54.9 Å². The van der Waals surface area contributed by atoms with E-state index < -0.39 is 85.0 Å². The van der Waals surface area contributed by atoms with Crippen LogP contribution in [0.3, 0.4) is 0 Å². The topological polar surface area (TPSA) is 107 Å². The number of pyridine rings is 1. The molecule has 0 spiro atoms. The molecule has 42 heavy (non-hydrogen) atoms. The first-order chi connectivity index (χ1) is 19.0. The van der Waals surface area contributed by atoms with Crippen molar-refractivity contribution in [1.29, 1.82) is 0 Å². The second kappa shape index (κ2) is 13.6. The van der Waals surface area contributed by atoms with Gasteiger partial charge in [0.25, 0.3) is 11.2 Å². The van der Waals surface area contributed by atoms with Gasteiger partial charge < -0.3 is 19.7 Å². The molecule has 0 aliphatic carbocycles. The standard InChI is InChI=1S/C18H14F12O6.C5H5N/c19-15(20,21)13(33,16(22,23)24)4-6-35-11(31)9-2-1-3-10(8-9)12(32)36-7-5-14(34,17(25,26)27)18(28,29)30;1-2-4-6-5-3-1/h1-3,8,33-34H,4-7H2;1-5H/p+1. The van der Waals surface area contributed by atoms with Gasteiger partial charge in [-0.05, 0) is 18.2 Å². The van der Waals surface area contributed by atoms with Crippen molar-refractivity contribution in [1.82, 2.24) is 0 Å². The molecule has 2 aromatic rings. The monoisotopic (exact) mass is 634 g/mol. The molecular weight excluding hydrogens is 614 g/mol. The number of aliphatic hydroxyl groups is 2. The highest BCUT2D eigenvalue weighted by molar-refractivity contribution is 5.95. The third-order valence-electron chi connectivity index (χ3n) is 5.21. The van der Waals surface area contributed by atoms with Crippen LogP contribution in [0.2, 0.25) is 0 Å². The lowest BCUT2D eigenvalue weighted by Crippen LogP contribution is -2.57. The van der Waals surface area contributed by atoms with Crippen molar-refractivity contribution in [3.8, 4) is 0 Å². The molecule has 0 fully saturated rings. The zero-order chi connectivity index (χ0) is 32.6. The van der Waals surface area contributed by atoms with Gasteiger partial charge >= 0.3 is 36.6 Å². The Balaban J connectivity index is 0.00000129. The molecule has 3 N–H and O–H groups in total. The summed E-state index contributed by atoms with van der Waals surface area (Å²) in [6, 6.07) is 8.98. The molecule has 0 amide bonds. The molecular formula is C23H20F12NO6+. The van der Waals surface area contributed by atoms with Crippen LogP contribution in [0.4, 0.5) is 52.7 Å². The van der Waals surface area contributed by atoms with Gasteiger partial charge in [0.1, 0.15) is 0 Å². The summed E-state index contributed by atoms with van der Waals surface area (Å²) in [6.45, 7) is -3.20. The van der Waals surface area contributed by atoms with Crippen LogP contribution in [0.5, 0.6) is 0 Å². The van der Waals surface area contributed by atoms with Crippen LogP contribution >= 0.6 is 0 Å². The Morgan fingerprint density at radius 1 is 0.595 bits per heavy atom. The lowest BCUT2D eigenvalue weighted by atomic mass is 9.99. The third-order valence-corrected chi connectivity index (χ3v) is 5.21. The zero-order valence-electron chi connectivity index (χ0n) is 20.6. The lowest BCUT2D eigenvalue weighted by Gasteiger charge is -2.32. The number of alkyl halides is 12. The maximum atomic E-state index is 12.6. The van der Waals surface area contributed by atoms with E-state index in [1.54, 1.807) is 0 Å². The molecule has 19 heteroatoms. The fourth-order valence-corrected chi connectivity index (χ4v) is 2.75. The summed E-state index contributed by atoms with van der Waals surface area (Å²) in [4.78, 5) is 26.6. The van der Waals surface area contributed by atoms with Crippen LogP contribution in [-0.4, -0.2) is 71.3 Å². The van der Waals surface area contributed by atoms with E-state index in [-0.39, 0.29) is 0 Å². The molecule has 0 atom stereocenters. The van der Waals surface area contributed by atoms with E-state index in [4.69, 9.17) is 10.2 Å². The van der Waals surface area contributed by atoms with Crippen molar-refractivity contribution >= 4 is 11.9 Å². The van der Waals surface area contributed by atoms with Crippen molar-refractivity contribution in [2.45, 2.75) is 48.7 Å². The molecule has 7 nitrogen and oxygen atoms in total. The summed E-state index contributed by atoms with van der Waals surface area (Å²) in [6.07, 6.45) is -25.2. The average Bonchev–Trinajstić information content (AvgIpc) is 2.87. The van der Waals surface area contributed by atoms with E-state index in [2.05, 4.69) is 14.5 Å². The maximum absolute atomic E-state index is 12.6. The minimum Gasteiger partial charge on any atom is -0.462 e. The van der Waals surface area contributed by atoms with Gasteiger partial charge in [-0.15, -0.1) is 0 Å². The SMILES string of the molecule is O=C(OCCC(O)(C(F)(F)F)C(F)(F)F)c1cccc(C(=O)OCCC(O)(C(F)(F)F)C(F)(F)F)c1.c1cc[nH+]cc1. The van der Waals surface area contributed by atoms with Gasteiger partial charge in [-0.2, -0.15) is 52.7 Å². The summed E-state index contributed by atoms with van der Waals surface area (Å²) in [5.41, 5.74) is -11.8. The van der Waals surface area contributed by atoms with Gasteiger partial charge in [0, 0.05) is 25.0 Å². The normalized spacial score (nSPS) is 13.1. The molecule has 2 rings (SSSR count). The van der Waals surface area contributed by atoms with E-state index in [1.807, 2.05) is 30.6 Å². The number of carbonyl (C=O) groups excluding carboxylic acids is 2. The largest absolute Gasteiger partial charge is 0.462 e. The predicted octanol–water partition coefficient (Wildman–Crippen LogP) is 4.99. The molecule has 0 aliphatic heterocycles. The maximum Gasteiger partial charge on any atom is 0.426 e. The Hall–Kier alpha value is -3.61. The van der Waals surface area contributed by atoms with Crippen molar-refractivity contribution in [2.24, 2.45) is 0 Å². The molecule has 1 aromatic carbocycles. The first-order valence-electron chi connectivity index (χ1n) is 11.0. The van der Waals surface area contributed by atoms with E-state index in [0.717, 1.165) is 18.2 Å². The molecule has 0 bridgehead atoms. The van der Waals surface area contributed by atoms with Crippen molar-refractivity contribution in [3.63, 3.8) is 0 Å². The van der Waals surface area contributed by atoms with Crippen LogP contribution in [0, 0.1) is 0 Å². The first kappa shape index (κ1) is 36.4. The van der Waals surface area contributed by atoms with Crippen molar-refractivity contribution in [3.05, 3.63) is 66.0 Å². The molecule has 0 saturated carbocycles. The second-order valence-corrected chi connectivity index (χ2v) is 8.14. The Morgan fingerprint density at radius 3 is 1.17 bits per heavy atom. The number of aromatic nitrogens is 1. The fourth-order valence-electron chi connectivity index (χ4n) is 2.75. The number of carbonyl (C=O) groups is 2. The second-order valence-electron chi connectivity index (χ2n) is 8.14. The van der Waals surface area contributed by atoms with Gasteiger partial charge in [-0.3, -0.25) is 0 Å². The number of hydrogen-bond acceptors (Lipinski definition) is 6. The number of esters is 2. The summed E-state index contributed by atoms with van der Waals surface area (Å²) < 4.78 is 160. The van der Waals surface area contributed by atoms with Gasteiger partial charge in [0.2, 0.25) is 0 Å². The number of halogens is 12. The quantitative estimate of drug-likeness (QED) is 0.313. The molecule has 0 radical (unpaired) electrons. The van der Waals surface area contributed by atoms with Crippen LogP contribution in [0.25, 0.3) is 0 Å². The summed E-state index contributed by atoms with van der Waals surface area (Å²) in [5.74, 6) is -3.19. The van der Waals surface area contributed by atoms with E-state index >= 15 is 0 Å². The minimum atomic E-state index is -6.17. The van der Waals surface area contributed by atoms with E-state index in [1.165, 1.54) is 0 Å². The van der Waals surface area contributed by atoms with Crippen molar-refractivity contribution in [2.75, 3.05) is 13.2 Å². The molecule has 236 valence electrons. The van der Waals surface area contributed by atoms with Crippen LogP contribution < -0.4 is 4.98 Å². The number of H-pyrrole nitrogens is 1. The third kappa shape index (κ3) is 9.20. The number of ether oxygens (including phenoxy) is 2. The van der Waals surface area contributed by atoms with Crippen LogP contribution in [0.1, 0.15) is 33.6 Å². The molecule has 0 saturated heterocycles. The zero-order valence-corrected chi connectivity index (χ0v) is 20.6. The Morgan fingerprint density at radius 2 is 0.929 bits per heavy atom. The van der Waals surface area contributed by atoms with Crippen LogP contribution in [-0.2, 0) is 9.47 Å². The highest BCUT2D eigenvalue weighted by atomic mass is 19.4. The Labute approximate surface area is 227 Å². The first-order valence-corrected chi connectivity index (χ1v) is 11.0. The smallest absolute Gasteiger partial charge is 0.426 e. The number of aromatic amines is 1. The molecule has 1 heterocycles. The van der Waals surface area contributed by atoms with Crippen molar-refractivity contribution < 1.29 is 86.9 Å². The summed E-state index contributed by atoms with van der Waals surface area (Å²) in [5, 5.41) is 17.9. The number of hydrogen-bond donors (Lipinski definition) is 2. The molecule has 1 aromatic heterocycles. The van der Waals surface area contributed by atoms with Gasteiger partial charge in [0.15, 0.2) is 12.4 Å². The predicted molar refractivity (Wildman–Crippen MR) is 113 cm³/mol. The van der Waals surface area contributed by atoms with Gasteiger partial charge in [0.05, 0.1) is 24.3 Å². The number of nitrogens with one attached hydrogen (secondary N) is 1. The fraction of sp³-hybridized carbons (Fsp3) is 0.435. The lowest BCUT2D eigenvalue weighted by molar-refractivity contribution is -0.378. The highest BCUT2D eigenvalue weighted by Crippen LogP contribution is 2.46. The van der Waals surface area contributed by atoms with Gasteiger partial charge in [-0.25, -0.2) is 14.6 Å². The Kier molecular flexibility index (Phi) is 11.8. The summed E-state index contributed by atoms with van der Waals surface area (Å²) in [7, 11) is 0. The highest BCUT2D eigenvalue weighted by Gasteiger charge is 2.71. The Bertz CT molecular complexity index is 1040. The minimum absolute atomic E-state index is 0.560. The van der Waals surface area contributed by atoms with E-state index in [0.29, 0.717) is 6.07 Å². The van der Waals surface area contributed by atoms with Gasteiger partial charge in [-0.1, -0.05) is 12.1 Å². The number of rotatable bonds is 8. The molecule has 0 aliphatic rings.